The van der Waals surface area contributed by atoms with E-state index < -0.39 is 0 Å². The summed E-state index contributed by atoms with van der Waals surface area (Å²) in [5, 5.41) is 6.80. The van der Waals surface area contributed by atoms with Gasteiger partial charge in [-0.2, -0.15) is 0 Å². The number of carbonyl (C=O) groups excluding carboxylic acids is 1. The molecule has 1 atom stereocenters. The summed E-state index contributed by atoms with van der Waals surface area (Å²) in [6.07, 6.45) is 11.5. The minimum atomic E-state index is 0.0395. The number of carbonyl (C=O) groups is 1. The minimum absolute atomic E-state index is 0.0395. The molecule has 0 aromatic rings. The highest BCUT2D eigenvalue weighted by atomic mass is 16.2. The van der Waals surface area contributed by atoms with Crippen molar-refractivity contribution in [3.05, 3.63) is 0 Å². The molecule has 112 valence electrons. The van der Waals surface area contributed by atoms with E-state index in [2.05, 4.69) is 10.6 Å². The van der Waals surface area contributed by atoms with E-state index in [0.29, 0.717) is 11.9 Å². The molecule has 1 aliphatic heterocycles. The summed E-state index contributed by atoms with van der Waals surface area (Å²) in [5.41, 5.74) is 0.0395. The van der Waals surface area contributed by atoms with E-state index in [0.717, 1.165) is 37.3 Å². The van der Waals surface area contributed by atoms with Gasteiger partial charge in [-0.1, -0.05) is 0 Å². The maximum atomic E-state index is 12.7. The van der Waals surface area contributed by atoms with Crippen molar-refractivity contribution in [2.75, 3.05) is 13.1 Å². The standard InChI is InChI=1S/C17H28N2O/c20-16(19-5-3-15-2-1-4-18-15)17-9-12-6-13(10-17)8-14(7-12)11-17/h12-15,18H,1-11H2,(H,19,20)/t12?,13?,14?,15-,17?/m0/s1. The van der Waals surface area contributed by atoms with E-state index in [1.54, 1.807) is 0 Å². The summed E-state index contributed by atoms with van der Waals surface area (Å²) in [7, 11) is 0. The van der Waals surface area contributed by atoms with E-state index in [1.807, 2.05) is 0 Å². The quantitative estimate of drug-likeness (QED) is 0.828. The van der Waals surface area contributed by atoms with Gasteiger partial charge in [0.15, 0.2) is 0 Å². The molecule has 1 amide bonds. The van der Waals surface area contributed by atoms with Crippen molar-refractivity contribution in [3.8, 4) is 0 Å². The molecule has 5 fully saturated rings. The Balaban J connectivity index is 1.33. The topological polar surface area (TPSA) is 41.1 Å². The molecule has 1 heterocycles. The fourth-order valence-electron chi connectivity index (χ4n) is 5.94. The highest BCUT2D eigenvalue weighted by molar-refractivity contribution is 5.83. The van der Waals surface area contributed by atoms with Crippen molar-refractivity contribution in [1.29, 1.82) is 0 Å². The molecule has 2 N–H and O–H groups in total. The second-order valence-electron chi connectivity index (χ2n) is 8.04. The van der Waals surface area contributed by atoms with Crippen molar-refractivity contribution in [2.45, 2.75) is 63.8 Å². The highest BCUT2D eigenvalue weighted by Gasteiger charge is 2.54. The van der Waals surface area contributed by atoms with Crippen LogP contribution in [0.3, 0.4) is 0 Å². The van der Waals surface area contributed by atoms with Gasteiger partial charge in [-0.05, 0) is 82.1 Å². The van der Waals surface area contributed by atoms with Gasteiger partial charge < -0.3 is 10.6 Å². The molecule has 3 nitrogen and oxygen atoms in total. The lowest BCUT2D eigenvalue weighted by molar-refractivity contribution is -0.146. The van der Waals surface area contributed by atoms with Crippen LogP contribution in [0.4, 0.5) is 0 Å². The zero-order valence-electron chi connectivity index (χ0n) is 12.5. The highest BCUT2D eigenvalue weighted by Crippen LogP contribution is 2.60. The lowest BCUT2D eigenvalue weighted by atomic mass is 9.49. The second kappa shape index (κ2) is 5.01. The van der Waals surface area contributed by atoms with E-state index >= 15 is 0 Å². The first-order valence-corrected chi connectivity index (χ1v) is 8.75. The molecule has 1 saturated heterocycles. The van der Waals surface area contributed by atoms with Crippen molar-refractivity contribution in [2.24, 2.45) is 23.2 Å². The third kappa shape index (κ3) is 2.28. The van der Waals surface area contributed by atoms with Crippen LogP contribution in [0.15, 0.2) is 0 Å². The molecule has 0 spiro atoms. The first-order chi connectivity index (χ1) is 9.73. The fourth-order valence-corrected chi connectivity index (χ4v) is 5.94. The molecule has 5 rings (SSSR count). The predicted octanol–water partition coefficient (Wildman–Crippen LogP) is 2.46. The number of hydrogen-bond acceptors (Lipinski definition) is 2. The van der Waals surface area contributed by atoms with Gasteiger partial charge in [0.2, 0.25) is 5.91 Å². The van der Waals surface area contributed by atoms with Gasteiger partial charge in [0.05, 0.1) is 0 Å². The third-order valence-corrected chi connectivity index (χ3v) is 6.46. The lowest BCUT2D eigenvalue weighted by Gasteiger charge is -2.55. The molecule has 0 aromatic heterocycles. The number of rotatable bonds is 4. The van der Waals surface area contributed by atoms with Gasteiger partial charge in [0.25, 0.3) is 0 Å². The average Bonchev–Trinajstić information content (AvgIpc) is 2.90. The lowest BCUT2D eigenvalue weighted by Crippen LogP contribution is -2.53. The van der Waals surface area contributed by atoms with E-state index in [4.69, 9.17) is 0 Å². The maximum absolute atomic E-state index is 12.7. The zero-order chi connectivity index (χ0) is 13.6. The van der Waals surface area contributed by atoms with Gasteiger partial charge in [0, 0.05) is 18.0 Å². The minimum Gasteiger partial charge on any atom is -0.356 e. The second-order valence-corrected chi connectivity index (χ2v) is 8.04. The molecular weight excluding hydrogens is 248 g/mol. The smallest absolute Gasteiger partial charge is 0.226 e. The van der Waals surface area contributed by atoms with E-state index in [1.165, 1.54) is 51.4 Å². The Bertz CT molecular complexity index is 351. The van der Waals surface area contributed by atoms with Gasteiger partial charge in [0.1, 0.15) is 0 Å². The monoisotopic (exact) mass is 276 g/mol. The number of amides is 1. The summed E-state index contributed by atoms with van der Waals surface area (Å²) in [6.45, 7) is 2.03. The molecule has 5 aliphatic rings. The molecule has 4 bridgehead atoms. The van der Waals surface area contributed by atoms with Crippen LogP contribution in [0.25, 0.3) is 0 Å². The maximum Gasteiger partial charge on any atom is 0.226 e. The Morgan fingerprint density at radius 2 is 1.75 bits per heavy atom. The summed E-state index contributed by atoms with van der Waals surface area (Å²) < 4.78 is 0. The summed E-state index contributed by atoms with van der Waals surface area (Å²) in [4.78, 5) is 12.7. The molecule has 4 aliphatic carbocycles. The van der Waals surface area contributed by atoms with Crippen LogP contribution in [0, 0.1) is 23.2 Å². The van der Waals surface area contributed by atoms with Gasteiger partial charge in [-0.25, -0.2) is 0 Å². The summed E-state index contributed by atoms with van der Waals surface area (Å²) in [6, 6.07) is 0.645. The normalized spacial score (nSPS) is 45.8. The Kier molecular flexibility index (Phi) is 3.29. The Morgan fingerprint density at radius 1 is 1.10 bits per heavy atom. The Hall–Kier alpha value is -0.570. The van der Waals surface area contributed by atoms with Crippen molar-refractivity contribution < 1.29 is 4.79 Å². The molecule has 4 saturated carbocycles. The van der Waals surface area contributed by atoms with Crippen LogP contribution in [0.5, 0.6) is 0 Å². The number of nitrogens with one attached hydrogen (secondary N) is 2. The molecule has 3 heteroatoms. The van der Waals surface area contributed by atoms with Crippen LogP contribution < -0.4 is 10.6 Å². The van der Waals surface area contributed by atoms with Crippen LogP contribution >= 0.6 is 0 Å². The largest absolute Gasteiger partial charge is 0.356 e. The first kappa shape index (κ1) is 13.1. The van der Waals surface area contributed by atoms with Gasteiger partial charge >= 0.3 is 0 Å². The first-order valence-electron chi connectivity index (χ1n) is 8.75. The van der Waals surface area contributed by atoms with Gasteiger partial charge in [-0.15, -0.1) is 0 Å². The summed E-state index contributed by atoms with van der Waals surface area (Å²) >= 11 is 0. The van der Waals surface area contributed by atoms with Crippen molar-refractivity contribution in [3.63, 3.8) is 0 Å². The SMILES string of the molecule is O=C(NCC[C@@H]1CCCN1)C12CC3CC(CC(C3)C1)C2. The average molecular weight is 276 g/mol. The fraction of sp³-hybridized carbons (Fsp3) is 0.941. The van der Waals surface area contributed by atoms with Crippen LogP contribution in [-0.2, 0) is 4.79 Å². The number of hydrogen-bond donors (Lipinski definition) is 2. The third-order valence-electron chi connectivity index (χ3n) is 6.46. The van der Waals surface area contributed by atoms with Crippen molar-refractivity contribution >= 4 is 5.91 Å². The molecule has 0 radical (unpaired) electrons. The Labute approximate surface area is 122 Å². The van der Waals surface area contributed by atoms with E-state index in [9.17, 15) is 4.79 Å². The van der Waals surface area contributed by atoms with Crippen LogP contribution in [0.2, 0.25) is 0 Å². The molecular formula is C17H28N2O. The Morgan fingerprint density at radius 3 is 2.30 bits per heavy atom. The molecule has 20 heavy (non-hydrogen) atoms. The predicted molar refractivity (Wildman–Crippen MR) is 79.3 cm³/mol. The molecule has 0 aromatic carbocycles. The van der Waals surface area contributed by atoms with Crippen LogP contribution in [-0.4, -0.2) is 25.0 Å². The van der Waals surface area contributed by atoms with Gasteiger partial charge in [-0.3, -0.25) is 4.79 Å². The summed E-state index contributed by atoms with van der Waals surface area (Å²) in [5.74, 6) is 2.99. The zero-order valence-corrected chi connectivity index (χ0v) is 12.5. The van der Waals surface area contributed by atoms with Crippen molar-refractivity contribution in [1.82, 2.24) is 10.6 Å². The van der Waals surface area contributed by atoms with E-state index in [-0.39, 0.29) is 5.41 Å². The van der Waals surface area contributed by atoms with Crippen LogP contribution in [0.1, 0.15) is 57.8 Å². The molecule has 0 unspecified atom stereocenters.